The van der Waals surface area contributed by atoms with Crippen molar-refractivity contribution in [2.45, 2.75) is 5.92 Å². The average Bonchev–Trinajstić information content (AvgIpc) is 2.69. The van der Waals surface area contributed by atoms with Crippen molar-refractivity contribution in [3.8, 4) is 23.3 Å². The van der Waals surface area contributed by atoms with E-state index in [9.17, 15) is 4.79 Å². The molecule has 4 rings (SSSR count). The van der Waals surface area contributed by atoms with E-state index in [0.29, 0.717) is 16.5 Å². The molecule has 0 radical (unpaired) electrons. The standard InChI is InChI=1S/C23H16ClNO2/c24-17-9-5-7-16(15-17)8-6-14-25-23(26)22-18-10-1-3-12-20(18)27-21-13-4-2-11-19(21)22/h1-5,7,9-13,15,22H,14H2,(H,25,26). The van der Waals surface area contributed by atoms with E-state index in [4.69, 9.17) is 16.3 Å². The van der Waals surface area contributed by atoms with Crippen molar-refractivity contribution in [1.82, 2.24) is 5.32 Å². The first-order valence-corrected chi connectivity index (χ1v) is 8.98. The van der Waals surface area contributed by atoms with Gasteiger partial charge in [0.2, 0.25) is 5.91 Å². The van der Waals surface area contributed by atoms with Gasteiger partial charge in [0.15, 0.2) is 0 Å². The highest BCUT2D eigenvalue weighted by Gasteiger charge is 2.31. The molecule has 132 valence electrons. The lowest BCUT2D eigenvalue weighted by molar-refractivity contribution is -0.121. The Labute approximate surface area is 162 Å². The topological polar surface area (TPSA) is 38.3 Å². The number of nitrogens with one attached hydrogen (secondary N) is 1. The molecule has 0 aliphatic carbocycles. The number of hydrogen-bond donors (Lipinski definition) is 1. The number of amides is 1. The van der Waals surface area contributed by atoms with Gasteiger partial charge in [0.25, 0.3) is 0 Å². The van der Waals surface area contributed by atoms with Crippen LogP contribution < -0.4 is 10.1 Å². The number of hydrogen-bond acceptors (Lipinski definition) is 2. The lowest BCUT2D eigenvalue weighted by Crippen LogP contribution is -2.31. The second-order valence-electron chi connectivity index (χ2n) is 6.14. The molecule has 1 N–H and O–H groups in total. The maximum atomic E-state index is 12.9. The number of carbonyl (C=O) groups excluding carboxylic acids is 1. The fourth-order valence-corrected chi connectivity index (χ4v) is 3.33. The molecule has 3 aromatic carbocycles. The molecule has 0 unspecified atom stereocenters. The first-order valence-electron chi connectivity index (χ1n) is 8.60. The summed E-state index contributed by atoms with van der Waals surface area (Å²) in [6.07, 6.45) is 0. The summed E-state index contributed by atoms with van der Waals surface area (Å²) < 4.78 is 5.93. The van der Waals surface area contributed by atoms with Crippen LogP contribution >= 0.6 is 11.6 Å². The van der Waals surface area contributed by atoms with E-state index in [2.05, 4.69) is 17.2 Å². The van der Waals surface area contributed by atoms with Crippen LogP contribution in [-0.4, -0.2) is 12.5 Å². The van der Waals surface area contributed by atoms with Gasteiger partial charge in [-0.3, -0.25) is 4.79 Å². The molecule has 0 aromatic heterocycles. The van der Waals surface area contributed by atoms with E-state index in [1.165, 1.54) is 0 Å². The Morgan fingerprint density at radius 2 is 1.63 bits per heavy atom. The molecule has 1 aliphatic rings. The van der Waals surface area contributed by atoms with Crippen LogP contribution in [0.4, 0.5) is 0 Å². The number of halogens is 1. The monoisotopic (exact) mass is 373 g/mol. The predicted molar refractivity (Wildman–Crippen MR) is 106 cm³/mol. The van der Waals surface area contributed by atoms with E-state index < -0.39 is 5.92 Å². The highest BCUT2D eigenvalue weighted by Crippen LogP contribution is 2.43. The van der Waals surface area contributed by atoms with Gasteiger partial charge in [0.1, 0.15) is 11.5 Å². The molecule has 0 atom stereocenters. The van der Waals surface area contributed by atoms with Gasteiger partial charge >= 0.3 is 0 Å². The second-order valence-corrected chi connectivity index (χ2v) is 6.58. The summed E-state index contributed by atoms with van der Waals surface area (Å²) in [7, 11) is 0. The van der Waals surface area contributed by atoms with Crippen molar-refractivity contribution in [1.29, 1.82) is 0 Å². The minimum atomic E-state index is -0.417. The molecule has 0 saturated heterocycles. The fraction of sp³-hybridized carbons (Fsp3) is 0.0870. The van der Waals surface area contributed by atoms with Gasteiger partial charge in [-0.05, 0) is 30.3 Å². The maximum Gasteiger partial charge on any atom is 0.233 e. The van der Waals surface area contributed by atoms with Crippen molar-refractivity contribution in [3.63, 3.8) is 0 Å². The summed E-state index contributed by atoms with van der Waals surface area (Å²) in [5, 5.41) is 3.56. The van der Waals surface area contributed by atoms with Gasteiger partial charge in [0, 0.05) is 21.7 Å². The molecule has 1 heterocycles. The second kappa shape index (κ2) is 7.57. The summed E-state index contributed by atoms with van der Waals surface area (Å²) in [5.41, 5.74) is 2.53. The van der Waals surface area contributed by atoms with Crippen molar-refractivity contribution in [3.05, 3.63) is 94.5 Å². The molecule has 0 bridgehead atoms. The molecule has 3 nitrogen and oxygen atoms in total. The number of fused-ring (bicyclic) bond motifs is 2. The van der Waals surface area contributed by atoms with Crippen molar-refractivity contribution in [2.75, 3.05) is 6.54 Å². The van der Waals surface area contributed by atoms with Gasteiger partial charge < -0.3 is 10.1 Å². The first kappa shape index (κ1) is 17.2. The SMILES string of the molecule is O=C(NCC#Cc1cccc(Cl)c1)C1c2ccccc2Oc2ccccc21. The van der Waals surface area contributed by atoms with E-state index in [1.54, 1.807) is 12.1 Å². The Hall–Kier alpha value is -3.22. The Balaban J connectivity index is 1.54. The Bertz CT molecular complexity index is 1020. The van der Waals surface area contributed by atoms with Gasteiger partial charge in [-0.25, -0.2) is 0 Å². The average molecular weight is 374 g/mol. The zero-order valence-corrected chi connectivity index (χ0v) is 15.2. The zero-order chi connectivity index (χ0) is 18.6. The third-order valence-electron chi connectivity index (χ3n) is 4.35. The van der Waals surface area contributed by atoms with Crippen LogP contribution in [0.25, 0.3) is 0 Å². The third kappa shape index (κ3) is 3.67. The van der Waals surface area contributed by atoms with Crippen LogP contribution in [0.3, 0.4) is 0 Å². The number of para-hydroxylation sites is 2. The van der Waals surface area contributed by atoms with Crippen LogP contribution in [0.5, 0.6) is 11.5 Å². The van der Waals surface area contributed by atoms with E-state index in [1.807, 2.05) is 60.7 Å². The summed E-state index contributed by atoms with van der Waals surface area (Å²) in [6, 6.07) is 22.6. The van der Waals surface area contributed by atoms with E-state index in [0.717, 1.165) is 16.7 Å². The summed E-state index contributed by atoms with van der Waals surface area (Å²) in [4.78, 5) is 12.9. The highest BCUT2D eigenvalue weighted by atomic mass is 35.5. The Morgan fingerprint density at radius 1 is 0.963 bits per heavy atom. The van der Waals surface area contributed by atoms with Crippen molar-refractivity contribution in [2.24, 2.45) is 0 Å². The van der Waals surface area contributed by atoms with E-state index in [-0.39, 0.29) is 12.5 Å². The lowest BCUT2D eigenvalue weighted by atomic mass is 9.87. The summed E-state index contributed by atoms with van der Waals surface area (Å²) in [6.45, 7) is 0.257. The minimum absolute atomic E-state index is 0.0985. The minimum Gasteiger partial charge on any atom is -0.457 e. The van der Waals surface area contributed by atoms with Crippen LogP contribution in [0.2, 0.25) is 5.02 Å². The molecule has 4 heteroatoms. The summed E-state index contributed by atoms with van der Waals surface area (Å²) in [5.74, 6) is 6.89. The quantitative estimate of drug-likeness (QED) is 0.658. The smallest absolute Gasteiger partial charge is 0.233 e. The predicted octanol–water partition coefficient (Wildman–Crippen LogP) is 4.75. The van der Waals surface area contributed by atoms with Crippen LogP contribution in [0.1, 0.15) is 22.6 Å². The van der Waals surface area contributed by atoms with Crippen LogP contribution in [-0.2, 0) is 4.79 Å². The number of benzene rings is 3. The van der Waals surface area contributed by atoms with Gasteiger partial charge in [-0.2, -0.15) is 0 Å². The van der Waals surface area contributed by atoms with Gasteiger partial charge in [-0.15, -0.1) is 0 Å². The summed E-state index contributed by atoms with van der Waals surface area (Å²) >= 11 is 5.96. The zero-order valence-electron chi connectivity index (χ0n) is 14.4. The normalized spacial score (nSPS) is 12.0. The molecule has 0 fully saturated rings. The van der Waals surface area contributed by atoms with Crippen molar-refractivity contribution >= 4 is 17.5 Å². The van der Waals surface area contributed by atoms with Crippen LogP contribution in [0.15, 0.2) is 72.8 Å². The molecule has 0 spiro atoms. The van der Waals surface area contributed by atoms with Crippen molar-refractivity contribution < 1.29 is 9.53 Å². The first-order chi connectivity index (χ1) is 13.2. The maximum absolute atomic E-state index is 12.9. The molecular formula is C23H16ClNO2. The van der Waals surface area contributed by atoms with Crippen LogP contribution in [0, 0.1) is 11.8 Å². The number of ether oxygens (including phenoxy) is 1. The van der Waals surface area contributed by atoms with E-state index >= 15 is 0 Å². The molecule has 1 aliphatic heterocycles. The Kier molecular flexibility index (Phi) is 4.82. The molecule has 27 heavy (non-hydrogen) atoms. The van der Waals surface area contributed by atoms with Gasteiger partial charge in [0.05, 0.1) is 12.5 Å². The molecule has 0 saturated carbocycles. The number of carbonyl (C=O) groups is 1. The largest absolute Gasteiger partial charge is 0.457 e. The lowest BCUT2D eigenvalue weighted by Gasteiger charge is -2.27. The Morgan fingerprint density at radius 3 is 2.30 bits per heavy atom. The van der Waals surface area contributed by atoms with Gasteiger partial charge in [-0.1, -0.05) is 65.9 Å². The molecular weight excluding hydrogens is 358 g/mol. The third-order valence-corrected chi connectivity index (χ3v) is 4.59. The molecule has 3 aromatic rings. The number of rotatable bonds is 2. The fourth-order valence-electron chi connectivity index (χ4n) is 3.14. The highest BCUT2D eigenvalue weighted by molar-refractivity contribution is 6.30. The molecule has 1 amide bonds.